The second kappa shape index (κ2) is 5.87. The molecule has 0 fully saturated rings. The van der Waals surface area contributed by atoms with Crippen LogP contribution in [0.1, 0.15) is 35.1 Å². The van der Waals surface area contributed by atoms with E-state index in [9.17, 15) is 13.2 Å². The van der Waals surface area contributed by atoms with Gasteiger partial charge in [0.15, 0.2) is 5.78 Å². The van der Waals surface area contributed by atoms with Gasteiger partial charge < -0.3 is 0 Å². The molecule has 0 bridgehead atoms. The van der Waals surface area contributed by atoms with Crippen LogP contribution in [-0.2, 0) is 10.0 Å². The summed E-state index contributed by atoms with van der Waals surface area (Å²) in [5.41, 5.74) is 0.386. The molecule has 4 nitrogen and oxygen atoms in total. The van der Waals surface area contributed by atoms with Crippen molar-refractivity contribution in [2.24, 2.45) is 0 Å². The quantitative estimate of drug-likeness (QED) is 0.864. The van der Waals surface area contributed by atoms with Crippen LogP contribution in [-0.4, -0.2) is 14.2 Å². The van der Waals surface area contributed by atoms with Crippen molar-refractivity contribution in [1.82, 2.24) is 4.72 Å². The molecule has 0 spiro atoms. The summed E-state index contributed by atoms with van der Waals surface area (Å²) in [7, 11) is -3.64. The zero-order valence-corrected chi connectivity index (χ0v) is 12.8. The highest BCUT2D eigenvalue weighted by atomic mass is 32.2. The lowest BCUT2D eigenvalue weighted by molar-refractivity contribution is 0.101. The number of ketones is 1. The summed E-state index contributed by atoms with van der Waals surface area (Å²) in [4.78, 5) is 12.4. The smallest absolute Gasteiger partial charge is 0.241 e. The van der Waals surface area contributed by atoms with Crippen molar-refractivity contribution in [2.45, 2.75) is 24.8 Å². The molecule has 1 aromatic carbocycles. The molecule has 0 amide bonds. The Bertz CT molecular complexity index is 706. The SMILES string of the molecule is CC(=O)c1cccc(S(=O)(=O)N[C@@H](C)c2cccs2)c1. The maximum absolute atomic E-state index is 12.3. The van der Waals surface area contributed by atoms with Crippen LogP contribution in [0.4, 0.5) is 0 Å². The first-order valence-electron chi connectivity index (χ1n) is 6.07. The minimum absolute atomic E-state index is 0.105. The number of nitrogens with one attached hydrogen (secondary N) is 1. The zero-order chi connectivity index (χ0) is 14.8. The molecule has 0 aliphatic carbocycles. The van der Waals surface area contributed by atoms with Crippen LogP contribution in [0.2, 0.25) is 0 Å². The maximum Gasteiger partial charge on any atom is 0.241 e. The van der Waals surface area contributed by atoms with Crippen LogP contribution >= 0.6 is 11.3 Å². The molecule has 1 heterocycles. The van der Waals surface area contributed by atoms with Gasteiger partial charge >= 0.3 is 0 Å². The van der Waals surface area contributed by atoms with Gasteiger partial charge in [0.25, 0.3) is 0 Å². The van der Waals surface area contributed by atoms with Crippen molar-refractivity contribution in [1.29, 1.82) is 0 Å². The van der Waals surface area contributed by atoms with Crippen molar-refractivity contribution >= 4 is 27.1 Å². The maximum atomic E-state index is 12.3. The molecule has 0 saturated carbocycles. The standard InChI is InChI=1S/C14H15NO3S2/c1-10(14-7-4-8-19-14)15-20(17,18)13-6-3-5-12(9-13)11(2)16/h3-10,15H,1-2H3/t10-/m0/s1. The Hall–Kier alpha value is -1.50. The van der Waals surface area contributed by atoms with Gasteiger partial charge in [-0.15, -0.1) is 11.3 Å². The fourth-order valence-electron chi connectivity index (χ4n) is 1.78. The summed E-state index contributed by atoms with van der Waals surface area (Å²) >= 11 is 1.49. The fourth-order valence-corrected chi connectivity index (χ4v) is 3.86. The largest absolute Gasteiger partial charge is 0.295 e. The Balaban J connectivity index is 2.26. The summed E-state index contributed by atoms with van der Waals surface area (Å²) in [6.07, 6.45) is 0. The van der Waals surface area contributed by atoms with E-state index in [1.165, 1.54) is 30.4 Å². The average Bonchev–Trinajstić information content (AvgIpc) is 2.92. The molecule has 2 rings (SSSR count). The number of sulfonamides is 1. The first kappa shape index (κ1) is 14.9. The molecule has 0 radical (unpaired) electrons. The van der Waals surface area contributed by atoms with E-state index in [0.29, 0.717) is 5.56 Å². The van der Waals surface area contributed by atoms with Crippen LogP contribution in [0.3, 0.4) is 0 Å². The van der Waals surface area contributed by atoms with E-state index in [1.54, 1.807) is 19.1 Å². The van der Waals surface area contributed by atoms with E-state index >= 15 is 0 Å². The van der Waals surface area contributed by atoms with Gasteiger partial charge in [0.05, 0.1) is 10.9 Å². The molecule has 0 aliphatic heterocycles. The average molecular weight is 309 g/mol. The number of thiophene rings is 1. The van der Waals surface area contributed by atoms with E-state index < -0.39 is 10.0 Å². The predicted octanol–water partition coefficient (Wildman–Crippen LogP) is 2.99. The number of hydrogen-bond acceptors (Lipinski definition) is 4. The van der Waals surface area contributed by atoms with Crippen LogP contribution < -0.4 is 4.72 Å². The lowest BCUT2D eigenvalue weighted by atomic mass is 10.2. The molecule has 1 N–H and O–H groups in total. The number of carbonyl (C=O) groups is 1. The van der Waals surface area contributed by atoms with Crippen LogP contribution in [0.25, 0.3) is 0 Å². The Labute approximate surface area is 122 Å². The molecular weight excluding hydrogens is 294 g/mol. The number of rotatable bonds is 5. The molecule has 0 aliphatic rings. The van der Waals surface area contributed by atoms with Gasteiger partial charge in [-0.2, -0.15) is 0 Å². The number of carbonyl (C=O) groups excluding carboxylic acids is 1. The highest BCUT2D eigenvalue weighted by molar-refractivity contribution is 7.89. The molecule has 0 saturated heterocycles. The topological polar surface area (TPSA) is 63.2 Å². The van der Waals surface area contributed by atoms with E-state index in [-0.39, 0.29) is 16.7 Å². The summed E-state index contributed by atoms with van der Waals surface area (Å²) in [6, 6.07) is 9.50. The third-order valence-electron chi connectivity index (χ3n) is 2.85. The summed E-state index contributed by atoms with van der Waals surface area (Å²) in [5.74, 6) is -0.159. The zero-order valence-electron chi connectivity index (χ0n) is 11.2. The molecule has 6 heteroatoms. The molecule has 1 atom stereocenters. The number of Topliss-reactive ketones (excluding diaryl/α,β-unsaturated/α-hetero) is 1. The van der Waals surface area contributed by atoms with Gasteiger partial charge in [-0.3, -0.25) is 4.79 Å². The second-order valence-electron chi connectivity index (χ2n) is 4.44. The van der Waals surface area contributed by atoms with Crippen molar-refractivity contribution < 1.29 is 13.2 Å². The Morgan fingerprint density at radius 1 is 1.25 bits per heavy atom. The molecule has 106 valence electrons. The normalized spacial score (nSPS) is 13.1. The predicted molar refractivity (Wildman–Crippen MR) is 79.5 cm³/mol. The van der Waals surface area contributed by atoms with E-state index in [1.807, 2.05) is 17.5 Å². The van der Waals surface area contributed by atoms with Crippen molar-refractivity contribution in [3.05, 3.63) is 52.2 Å². The molecule has 20 heavy (non-hydrogen) atoms. The van der Waals surface area contributed by atoms with E-state index in [4.69, 9.17) is 0 Å². The van der Waals surface area contributed by atoms with E-state index in [0.717, 1.165) is 4.88 Å². The van der Waals surface area contributed by atoms with Crippen molar-refractivity contribution in [3.8, 4) is 0 Å². The number of benzene rings is 1. The van der Waals surface area contributed by atoms with Gasteiger partial charge in [-0.05, 0) is 37.4 Å². The minimum Gasteiger partial charge on any atom is -0.295 e. The van der Waals surface area contributed by atoms with Gasteiger partial charge in [-0.25, -0.2) is 13.1 Å². The lowest BCUT2D eigenvalue weighted by Gasteiger charge is -2.13. The number of hydrogen-bond donors (Lipinski definition) is 1. The summed E-state index contributed by atoms with van der Waals surface area (Å²) in [5, 5.41) is 1.90. The first-order valence-corrected chi connectivity index (χ1v) is 8.43. The molecule has 1 aromatic heterocycles. The van der Waals surface area contributed by atoms with Crippen molar-refractivity contribution in [3.63, 3.8) is 0 Å². The Morgan fingerprint density at radius 3 is 2.60 bits per heavy atom. The van der Waals surface area contributed by atoms with E-state index in [2.05, 4.69) is 4.72 Å². The molecular formula is C14H15NO3S2. The minimum atomic E-state index is -3.64. The third-order valence-corrected chi connectivity index (χ3v) is 5.45. The Morgan fingerprint density at radius 2 is 2.00 bits per heavy atom. The monoisotopic (exact) mass is 309 g/mol. The van der Waals surface area contributed by atoms with Crippen LogP contribution in [0, 0.1) is 0 Å². The summed E-state index contributed by atoms with van der Waals surface area (Å²) < 4.78 is 27.2. The highest BCUT2D eigenvalue weighted by Crippen LogP contribution is 2.21. The van der Waals surface area contributed by atoms with Gasteiger partial charge in [0.1, 0.15) is 0 Å². The Kier molecular flexibility index (Phi) is 4.37. The van der Waals surface area contributed by atoms with Crippen LogP contribution in [0.5, 0.6) is 0 Å². The van der Waals surface area contributed by atoms with Crippen LogP contribution in [0.15, 0.2) is 46.7 Å². The third kappa shape index (κ3) is 3.33. The molecule has 0 unspecified atom stereocenters. The second-order valence-corrected chi connectivity index (χ2v) is 7.14. The fraction of sp³-hybridized carbons (Fsp3) is 0.214. The first-order chi connectivity index (χ1) is 9.40. The van der Waals surface area contributed by atoms with Gasteiger partial charge in [0.2, 0.25) is 10.0 Å². The van der Waals surface area contributed by atoms with Crippen molar-refractivity contribution in [2.75, 3.05) is 0 Å². The summed E-state index contributed by atoms with van der Waals surface area (Å²) in [6.45, 7) is 3.20. The lowest BCUT2D eigenvalue weighted by Crippen LogP contribution is -2.26. The highest BCUT2D eigenvalue weighted by Gasteiger charge is 2.19. The van der Waals surface area contributed by atoms with Gasteiger partial charge in [0, 0.05) is 10.4 Å². The van der Waals surface area contributed by atoms with Gasteiger partial charge in [-0.1, -0.05) is 18.2 Å². The molecule has 2 aromatic rings.